The summed E-state index contributed by atoms with van der Waals surface area (Å²) in [5, 5.41) is 9.78. The number of rotatable bonds is 6. The number of methoxy groups -OCH3 is 1. The van der Waals surface area contributed by atoms with Gasteiger partial charge in [-0.05, 0) is 19.3 Å². The maximum atomic E-state index is 12.6. The molecule has 0 radical (unpaired) electrons. The number of H-pyrrole nitrogens is 1. The maximum absolute atomic E-state index is 12.6. The summed E-state index contributed by atoms with van der Waals surface area (Å²) in [4.78, 5) is 40.1. The first-order valence-corrected chi connectivity index (χ1v) is 8.07. The summed E-state index contributed by atoms with van der Waals surface area (Å²) in [7, 11) is 2.99. The monoisotopic (exact) mass is 339 g/mol. The smallest absolute Gasteiger partial charge is 0.328 e. The van der Waals surface area contributed by atoms with Gasteiger partial charge in [0.25, 0.3) is 5.56 Å². The molecule has 8 nitrogen and oxygen atoms in total. The standard InChI is InChI=1S/C16H25N3O5/c1-18-14(22)12(9-17-15(18)23)8-13(21)19-6-3-4-16(10-19,11-20)5-7-24-2/h9,20H,3-8,10-11H2,1-2H3,(H,17,23)/t16-/m1/s1. The fraction of sp³-hybridized carbons (Fsp3) is 0.688. The third-order valence-electron chi connectivity index (χ3n) is 4.78. The van der Waals surface area contributed by atoms with E-state index in [1.54, 1.807) is 12.0 Å². The summed E-state index contributed by atoms with van der Waals surface area (Å²) in [5.74, 6) is -0.172. The van der Waals surface area contributed by atoms with Gasteiger partial charge in [-0.3, -0.25) is 14.2 Å². The predicted molar refractivity (Wildman–Crippen MR) is 87.8 cm³/mol. The van der Waals surface area contributed by atoms with E-state index in [2.05, 4.69) is 4.98 Å². The van der Waals surface area contributed by atoms with Gasteiger partial charge < -0.3 is 19.7 Å². The van der Waals surface area contributed by atoms with Crippen LogP contribution in [-0.4, -0.2) is 58.9 Å². The van der Waals surface area contributed by atoms with Crippen LogP contribution in [0.25, 0.3) is 0 Å². The highest BCUT2D eigenvalue weighted by Gasteiger charge is 2.36. The van der Waals surface area contributed by atoms with Gasteiger partial charge in [-0.15, -0.1) is 0 Å². The lowest BCUT2D eigenvalue weighted by Gasteiger charge is -2.42. The predicted octanol–water partition coefficient (Wildman–Crippen LogP) is -0.746. The van der Waals surface area contributed by atoms with E-state index < -0.39 is 11.2 Å². The van der Waals surface area contributed by atoms with Crippen LogP contribution >= 0.6 is 0 Å². The van der Waals surface area contributed by atoms with Gasteiger partial charge in [-0.25, -0.2) is 4.79 Å². The molecule has 2 N–H and O–H groups in total. The van der Waals surface area contributed by atoms with Crippen LogP contribution < -0.4 is 11.2 Å². The second kappa shape index (κ2) is 7.76. The van der Waals surface area contributed by atoms with E-state index in [0.29, 0.717) is 26.1 Å². The molecule has 1 atom stereocenters. The Hall–Kier alpha value is -1.93. The Morgan fingerprint density at radius 3 is 2.88 bits per heavy atom. The number of nitrogens with one attached hydrogen (secondary N) is 1. The molecule has 0 bridgehead atoms. The quantitative estimate of drug-likeness (QED) is 0.710. The van der Waals surface area contributed by atoms with Crippen molar-refractivity contribution in [2.24, 2.45) is 12.5 Å². The molecule has 1 aliphatic heterocycles. The average Bonchev–Trinajstić information content (AvgIpc) is 2.60. The largest absolute Gasteiger partial charge is 0.396 e. The molecule has 1 aromatic rings. The third kappa shape index (κ3) is 3.93. The summed E-state index contributed by atoms with van der Waals surface area (Å²) in [6.45, 7) is 1.59. The molecule has 0 aliphatic carbocycles. The Labute approximate surface area is 140 Å². The maximum Gasteiger partial charge on any atom is 0.328 e. The van der Waals surface area contributed by atoms with Crippen LogP contribution in [0, 0.1) is 5.41 Å². The van der Waals surface area contributed by atoms with E-state index in [1.165, 1.54) is 13.2 Å². The number of piperidine rings is 1. The molecule has 1 aromatic heterocycles. The number of nitrogens with zero attached hydrogens (tertiary/aromatic N) is 2. The molecule has 0 unspecified atom stereocenters. The van der Waals surface area contributed by atoms with Crippen LogP contribution in [0.5, 0.6) is 0 Å². The summed E-state index contributed by atoms with van der Waals surface area (Å²) in [6, 6.07) is 0. The number of likely N-dealkylation sites (tertiary alicyclic amines) is 1. The van der Waals surface area contributed by atoms with Crippen LogP contribution in [-0.2, 0) is 23.0 Å². The first kappa shape index (κ1) is 18.4. The fourth-order valence-electron chi connectivity index (χ4n) is 3.17. The summed E-state index contributed by atoms with van der Waals surface area (Å²) in [6.07, 6.45) is 3.58. The summed E-state index contributed by atoms with van der Waals surface area (Å²) in [5.41, 5.74) is -1.05. The molecule has 1 fully saturated rings. The minimum absolute atomic E-state index is 0.000558. The number of aromatic nitrogens is 2. The van der Waals surface area contributed by atoms with Crippen LogP contribution in [0.2, 0.25) is 0 Å². The van der Waals surface area contributed by atoms with Gasteiger partial charge in [0.15, 0.2) is 0 Å². The minimum Gasteiger partial charge on any atom is -0.396 e. The molecule has 0 spiro atoms. The SMILES string of the molecule is COCC[C@]1(CO)CCCN(C(=O)Cc2c[nH]c(=O)n(C)c2=O)C1. The van der Waals surface area contributed by atoms with E-state index in [-0.39, 0.29) is 29.9 Å². The average molecular weight is 339 g/mol. The number of amides is 1. The highest BCUT2D eigenvalue weighted by atomic mass is 16.5. The van der Waals surface area contributed by atoms with Crippen molar-refractivity contribution in [3.05, 3.63) is 32.6 Å². The van der Waals surface area contributed by atoms with Crippen molar-refractivity contribution in [2.75, 3.05) is 33.4 Å². The van der Waals surface area contributed by atoms with Crippen molar-refractivity contribution < 1.29 is 14.6 Å². The zero-order valence-corrected chi connectivity index (χ0v) is 14.2. The van der Waals surface area contributed by atoms with Gasteiger partial charge in [-0.2, -0.15) is 0 Å². The van der Waals surface area contributed by atoms with Crippen LogP contribution in [0.1, 0.15) is 24.8 Å². The zero-order chi connectivity index (χ0) is 17.7. The fourth-order valence-corrected chi connectivity index (χ4v) is 3.17. The highest BCUT2D eigenvalue weighted by Crippen LogP contribution is 2.33. The van der Waals surface area contributed by atoms with Crippen molar-refractivity contribution in [1.29, 1.82) is 0 Å². The highest BCUT2D eigenvalue weighted by molar-refractivity contribution is 5.78. The van der Waals surface area contributed by atoms with E-state index >= 15 is 0 Å². The Morgan fingerprint density at radius 2 is 2.21 bits per heavy atom. The number of carbonyl (C=O) groups excluding carboxylic acids is 1. The summed E-state index contributed by atoms with van der Waals surface area (Å²) >= 11 is 0. The van der Waals surface area contributed by atoms with E-state index in [0.717, 1.165) is 17.4 Å². The second-order valence-electron chi connectivity index (χ2n) is 6.48. The van der Waals surface area contributed by atoms with Crippen LogP contribution in [0.15, 0.2) is 15.8 Å². The molecule has 0 saturated carbocycles. The minimum atomic E-state index is -0.506. The molecule has 1 aliphatic rings. The number of aliphatic hydroxyl groups excluding tert-OH is 1. The lowest BCUT2D eigenvalue weighted by Crippen LogP contribution is -2.49. The summed E-state index contributed by atoms with van der Waals surface area (Å²) < 4.78 is 6.06. The lowest BCUT2D eigenvalue weighted by atomic mass is 9.78. The number of ether oxygens (including phenoxy) is 1. The molecule has 8 heteroatoms. The number of hydrogen-bond donors (Lipinski definition) is 2. The van der Waals surface area contributed by atoms with Crippen molar-refractivity contribution >= 4 is 5.91 Å². The van der Waals surface area contributed by atoms with Gasteiger partial charge in [0.1, 0.15) is 0 Å². The van der Waals surface area contributed by atoms with Crippen molar-refractivity contribution in [1.82, 2.24) is 14.5 Å². The normalized spacial score (nSPS) is 21.0. The van der Waals surface area contributed by atoms with Gasteiger partial charge in [-0.1, -0.05) is 0 Å². The van der Waals surface area contributed by atoms with Gasteiger partial charge in [0.2, 0.25) is 5.91 Å². The first-order valence-electron chi connectivity index (χ1n) is 8.07. The van der Waals surface area contributed by atoms with Gasteiger partial charge in [0.05, 0.1) is 13.0 Å². The molecule has 1 saturated heterocycles. The Kier molecular flexibility index (Phi) is 5.95. The van der Waals surface area contributed by atoms with E-state index in [9.17, 15) is 19.5 Å². The molecule has 0 aromatic carbocycles. The number of aromatic amines is 1. The lowest BCUT2D eigenvalue weighted by molar-refractivity contribution is -0.135. The van der Waals surface area contributed by atoms with Gasteiger partial charge in [0, 0.05) is 51.0 Å². The molecular weight excluding hydrogens is 314 g/mol. The first-order chi connectivity index (χ1) is 11.4. The number of hydrogen-bond acceptors (Lipinski definition) is 5. The number of aliphatic hydroxyl groups is 1. The van der Waals surface area contributed by atoms with Crippen molar-refractivity contribution in [3.8, 4) is 0 Å². The Morgan fingerprint density at radius 1 is 1.46 bits per heavy atom. The van der Waals surface area contributed by atoms with Crippen molar-refractivity contribution in [2.45, 2.75) is 25.7 Å². The molecule has 1 amide bonds. The van der Waals surface area contributed by atoms with E-state index in [4.69, 9.17) is 4.74 Å². The van der Waals surface area contributed by atoms with E-state index in [1.807, 2.05) is 0 Å². The topological polar surface area (TPSA) is 105 Å². The molecule has 2 heterocycles. The van der Waals surface area contributed by atoms with Crippen LogP contribution in [0.3, 0.4) is 0 Å². The Balaban J connectivity index is 2.11. The molecule has 24 heavy (non-hydrogen) atoms. The van der Waals surface area contributed by atoms with Crippen molar-refractivity contribution in [3.63, 3.8) is 0 Å². The third-order valence-corrected chi connectivity index (χ3v) is 4.78. The van der Waals surface area contributed by atoms with Crippen LogP contribution in [0.4, 0.5) is 0 Å². The zero-order valence-electron chi connectivity index (χ0n) is 14.2. The number of carbonyl (C=O) groups is 1. The molecule has 134 valence electrons. The second-order valence-corrected chi connectivity index (χ2v) is 6.48. The molecule has 2 rings (SSSR count). The molecular formula is C16H25N3O5. The Bertz CT molecular complexity index is 696. The van der Waals surface area contributed by atoms with Gasteiger partial charge >= 0.3 is 5.69 Å².